The van der Waals surface area contributed by atoms with Crippen LogP contribution in [0.15, 0.2) is 64.1 Å². The molecule has 1 unspecified atom stereocenters. The fourth-order valence-electron chi connectivity index (χ4n) is 5.23. The van der Waals surface area contributed by atoms with E-state index in [0.29, 0.717) is 36.3 Å². The largest absolute Gasteiger partial charge is 0.460 e. The van der Waals surface area contributed by atoms with Crippen LogP contribution in [0.5, 0.6) is 0 Å². The van der Waals surface area contributed by atoms with E-state index in [0.717, 1.165) is 32.2 Å². The van der Waals surface area contributed by atoms with Crippen molar-refractivity contribution in [1.29, 1.82) is 0 Å². The quantitative estimate of drug-likeness (QED) is 0.283. The lowest BCUT2D eigenvalue weighted by molar-refractivity contribution is -0.688. The molecule has 0 aliphatic carbocycles. The lowest BCUT2D eigenvalue weighted by Crippen LogP contribution is -2.34. The molecule has 176 valence electrons. The van der Waals surface area contributed by atoms with E-state index >= 15 is 0 Å². The first-order valence-electron chi connectivity index (χ1n) is 11.6. The number of fused-ring (bicyclic) bond motifs is 5. The van der Waals surface area contributed by atoms with E-state index in [1.807, 2.05) is 48.8 Å². The van der Waals surface area contributed by atoms with Crippen LogP contribution in [0.2, 0.25) is 0 Å². The Morgan fingerprint density at radius 3 is 2.74 bits per heavy atom. The van der Waals surface area contributed by atoms with Gasteiger partial charge in [-0.15, -0.1) is 0 Å². The highest BCUT2D eigenvalue weighted by Crippen LogP contribution is 2.40. The molecule has 1 atom stereocenters. The van der Waals surface area contributed by atoms with Crippen molar-refractivity contribution in [2.75, 3.05) is 0 Å². The number of esters is 1. The van der Waals surface area contributed by atoms with Crippen molar-refractivity contribution in [3.63, 3.8) is 0 Å². The summed E-state index contributed by atoms with van der Waals surface area (Å²) in [4.78, 5) is 30.8. The molecule has 0 saturated carbocycles. The number of ether oxygens (including phenoxy) is 1. The van der Waals surface area contributed by atoms with Gasteiger partial charge in [-0.1, -0.05) is 28.9 Å². The van der Waals surface area contributed by atoms with E-state index in [1.165, 1.54) is 0 Å². The average Bonchev–Trinajstić information content (AvgIpc) is 3.16. The monoisotopic (exact) mass is 532 g/mol. The summed E-state index contributed by atoms with van der Waals surface area (Å²) >= 11 is 3.59. The maximum Gasteiger partial charge on any atom is 0.309 e. The third kappa shape index (κ3) is 3.51. The van der Waals surface area contributed by atoms with E-state index in [4.69, 9.17) is 9.72 Å². The Labute approximate surface area is 209 Å². The maximum atomic E-state index is 13.7. The van der Waals surface area contributed by atoms with E-state index in [9.17, 15) is 14.7 Å². The van der Waals surface area contributed by atoms with Crippen LogP contribution in [0, 0.1) is 0 Å². The highest BCUT2D eigenvalue weighted by atomic mass is 79.9. The molecular formula is C27H23BrN3O4+. The summed E-state index contributed by atoms with van der Waals surface area (Å²) in [7, 11) is 0. The Kier molecular flexibility index (Phi) is 5.12. The lowest BCUT2D eigenvalue weighted by Gasteiger charge is -2.26. The number of aromatic nitrogens is 3. The Morgan fingerprint density at radius 2 is 1.97 bits per heavy atom. The molecule has 0 radical (unpaired) electrons. The summed E-state index contributed by atoms with van der Waals surface area (Å²) in [5, 5.41) is 12.4. The van der Waals surface area contributed by atoms with Crippen LogP contribution < -0.4 is 10.1 Å². The predicted molar refractivity (Wildman–Crippen MR) is 133 cm³/mol. The fourth-order valence-corrected chi connectivity index (χ4v) is 5.60. The van der Waals surface area contributed by atoms with E-state index < -0.39 is 11.6 Å². The maximum absolute atomic E-state index is 13.7. The molecule has 1 N–H and O–H groups in total. The van der Waals surface area contributed by atoms with Gasteiger partial charge in [-0.25, -0.2) is 9.55 Å². The number of cyclic esters (lactones) is 1. The SMILES string of the molecule is CCC1(O)CC(=O)OCc2c1cc1n(c2=O)Cc2c-1nc1ccc(Br)cc1c2C[n+]1ccccc1. The second-order valence-electron chi connectivity index (χ2n) is 9.16. The lowest BCUT2D eigenvalue weighted by atomic mass is 9.85. The first-order chi connectivity index (χ1) is 16.9. The summed E-state index contributed by atoms with van der Waals surface area (Å²) in [5.41, 5.74) is 3.41. The van der Waals surface area contributed by atoms with Gasteiger partial charge >= 0.3 is 5.97 Å². The van der Waals surface area contributed by atoms with Crippen LogP contribution in [0.4, 0.5) is 0 Å². The number of halogens is 1. The number of carbonyl (C=O) groups excluding carboxylic acids is 1. The summed E-state index contributed by atoms with van der Waals surface area (Å²) in [6.45, 7) is 2.66. The average molecular weight is 533 g/mol. The van der Waals surface area contributed by atoms with Crippen LogP contribution in [-0.4, -0.2) is 20.6 Å². The molecule has 6 rings (SSSR count). The highest BCUT2D eigenvalue weighted by Gasteiger charge is 2.40. The van der Waals surface area contributed by atoms with E-state index in [-0.39, 0.29) is 18.6 Å². The molecule has 8 heteroatoms. The third-order valence-electron chi connectivity index (χ3n) is 7.14. The molecule has 0 amide bonds. The Morgan fingerprint density at radius 1 is 1.17 bits per heavy atom. The van der Waals surface area contributed by atoms with Crippen molar-refractivity contribution in [3.05, 3.63) is 91.9 Å². The summed E-state index contributed by atoms with van der Waals surface area (Å²) < 4.78 is 10.0. The molecule has 2 aliphatic heterocycles. The van der Waals surface area contributed by atoms with Crippen molar-refractivity contribution >= 4 is 32.8 Å². The van der Waals surface area contributed by atoms with Gasteiger partial charge in [0.05, 0.1) is 35.4 Å². The van der Waals surface area contributed by atoms with Gasteiger partial charge in [-0.3, -0.25) is 9.59 Å². The highest BCUT2D eigenvalue weighted by molar-refractivity contribution is 9.10. The van der Waals surface area contributed by atoms with Crippen LogP contribution in [0.1, 0.15) is 42.0 Å². The standard InChI is InChI=1S/C27H23BrN3O4/c1-2-27(34)12-24(32)35-15-20-21(27)11-23-25-19(14-31(23)26(20)33)18(13-30-8-4-3-5-9-30)17-10-16(28)6-7-22(17)29-25/h3-11,34H,2,12-15H2,1H3/q+1. The van der Waals surface area contributed by atoms with Crippen molar-refractivity contribution in [2.45, 2.75) is 45.1 Å². The molecule has 0 saturated heterocycles. The molecule has 4 aromatic rings. The second-order valence-corrected chi connectivity index (χ2v) is 10.1. The molecule has 2 aliphatic rings. The normalized spacial score (nSPS) is 18.5. The summed E-state index contributed by atoms with van der Waals surface area (Å²) in [6, 6.07) is 13.8. The number of rotatable bonds is 3. The number of hydrogen-bond donors (Lipinski definition) is 1. The van der Waals surface area contributed by atoms with Gasteiger partial charge in [0, 0.05) is 33.1 Å². The molecule has 7 nitrogen and oxygen atoms in total. The zero-order chi connectivity index (χ0) is 24.3. The number of nitrogens with zero attached hydrogens (tertiary/aromatic N) is 3. The third-order valence-corrected chi connectivity index (χ3v) is 7.64. The molecule has 35 heavy (non-hydrogen) atoms. The summed E-state index contributed by atoms with van der Waals surface area (Å²) in [5.74, 6) is -0.507. The molecule has 1 aromatic carbocycles. The number of aliphatic hydroxyl groups is 1. The smallest absolute Gasteiger partial charge is 0.309 e. The first-order valence-corrected chi connectivity index (χ1v) is 12.4. The predicted octanol–water partition coefficient (Wildman–Crippen LogP) is 3.57. The number of benzene rings is 1. The van der Waals surface area contributed by atoms with Crippen molar-refractivity contribution < 1.29 is 19.2 Å². The minimum absolute atomic E-state index is 0.138. The Balaban J connectivity index is 1.62. The first kappa shape index (κ1) is 22.1. The van der Waals surface area contributed by atoms with Crippen LogP contribution in [0.3, 0.4) is 0 Å². The Bertz CT molecular complexity index is 1580. The topological polar surface area (TPSA) is 85.3 Å². The van der Waals surface area contributed by atoms with Gasteiger partial charge < -0.3 is 14.4 Å². The zero-order valence-electron chi connectivity index (χ0n) is 19.1. The van der Waals surface area contributed by atoms with Crippen LogP contribution in [0.25, 0.3) is 22.3 Å². The van der Waals surface area contributed by atoms with E-state index in [1.54, 1.807) is 11.5 Å². The summed E-state index contributed by atoms with van der Waals surface area (Å²) in [6.07, 6.45) is 4.15. The molecule has 5 heterocycles. The van der Waals surface area contributed by atoms with Gasteiger partial charge in [0.2, 0.25) is 0 Å². The minimum Gasteiger partial charge on any atom is -0.460 e. The van der Waals surface area contributed by atoms with Crippen molar-refractivity contribution in [2.24, 2.45) is 0 Å². The van der Waals surface area contributed by atoms with Crippen molar-refractivity contribution in [3.8, 4) is 11.4 Å². The van der Waals surface area contributed by atoms with Crippen LogP contribution in [-0.2, 0) is 34.8 Å². The molecular weight excluding hydrogens is 510 g/mol. The van der Waals surface area contributed by atoms with Gasteiger partial charge in [0.15, 0.2) is 18.9 Å². The molecule has 0 spiro atoms. The van der Waals surface area contributed by atoms with Gasteiger partial charge in [-0.05, 0) is 36.2 Å². The number of hydrogen-bond acceptors (Lipinski definition) is 5. The van der Waals surface area contributed by atoms with Crippen LogP contribution >= 0.6 is 15.9 Å². The number of pyridine rings is 3. The molecule has 0 fully saturated rings. The van der Waals surface area contributed by atoms with Gasteiger partial charge in [0.25, 0.3) is 5.56 Å². The molecule has 3 aromatic heterocycles. The second kappa shape index (κ2) is 8.10. The molecule has 0 bridgehead atoms. The van der Waals surface area contributed by atoms with Gasteiger partial charge in [0.1, 0.15) is 12.2 Å². The van der Waals surface area contributed by atoms with Crippen molar-refractivity contribution in [1.82, 2.24) is 9.55 Å². The Hall–Kier alpha value is -3.36. The van der Waals surface area contributed by atoms with Gasteiger partial charge in [-0.2, -0.15) is 0 Å². The number of carbonyl (C=O) groups is 1. The fraction of sp³-hybridized carbons (Fsp3) is 0.259. The minimum atomic E-state index is -1.45. The van der Waals surface area contributed by atoms with E-state index in [2.05, 4.69) is 26.6 Å². The zero-order valence-corrected chi connectivity index (χ0v) is 20.7.